The second kappa shape index (κ2) is 13.4. The van der Waals surface area contributed by atoms with Crippen molar-refractivity contribution in [3.63, 3.8) is 0 Å². The van der Waals surface area contributed by atoms with E-state index in [0.717, 1.165) is 11.1 Å². The highest BCUT2D eigenvalue weighted by Crippen LogP contribution is 2.06. The molecule has 2 rings (SSSR count). The van der Waals surface area contributed by atoms with Crippen LogP contribution in [0.25, 0.3) is 0 Å². The van der Waals surface area contributed by atoms with E-state index < -0.39 is 24.1 Å². The highest BCUT2D eigenvalue weighted by Gasteiger charge is 2.24. The first-order valence-corrected chi connectivity index (χ1v) is 10.2. The van der Waals surface area contributed by atoms with Crippen LogP contribution in [-0.2, 0) is 27.4 Å². The molecule has 1 radical (unpaired) electrons. The number of rotatable bonds is 12. The van der Waals surface area contributed by atoms with Gasteiger partial charge in [0.15, 0.2) is 5.96 Å². The third kappa shape index (κ3) is 9.29. The van der Waals surface area contributed by atoms with Gasteiger partial charge >= 0.3 is 6.09 Å². The standard InChI is InChI=1S/C23H28N5O4/c24-22(25)26-13-7-12-19(15-29)27-21(30)20(14-17-8-3-1-4-9-17)28-23(31)32-16-18-10-5-2-6-11-18/h1-6,8-11,19-20H,7,12-14,16H2,(H,27,30)(H,28,31)(H4,24,25,26)/t19-,20-/m0/s1. The lowest BCUT2D eigenvalue weighted by molar-refractivity contribution is -0.123. The third-order valence-corrected chi connectivity index (χ3v) is 4.55. The number of hydrogen-bond donors (Lipinski definition) is 5. The summed E-state index contributed by atoms with van der Waals surface area (Å²) >= 11 is 0. The predicted molar refractivity (Wildman–Crippen MR) is 120 cm³/mol. The molecule has 0 spiro atoms. The van der Waals surface area contributed by atoms with Gasteiger partial charge in [-0.15, -0.1) is 0 Å². The fourth-order valence-electron chi connectivity index (χ4n) is 2.93. The van der Waals surface area contributed by atoms with E-state index in [-0.39, 0.29) is 19.0 Å². The number of benzene rings is 2. The zero-order valence-corrected chi connectivity index (χ0v) is 17.7. The van der Waals surface area contributed by atoms with Crippen molar-refractivity contribution >= 4 is 24.2 Å². The summed E-state index contributed by atoms with van der Waals surface area (Å²) in [6, 6.07) is 16.6. The average Bonchev–Trinajstić information content (AvgIpc) is 2.80. The Labute approximate surface area is 187 Å². The van der Waals surface area contributed by atoms with E-state index in [9.17, 15) is 14.4 Å². The van der Waals surface area contributed by atoms with Crippen LogP contribution in [0.1, 0.15) is 24.0 Å². The van der Waals surface area contributed by atoms with Gasteiger partial charge in [-0.3, -0.25) is 15.0 Å². The van der Waals surface area contributed by atoms with Gasteiger partial charge in [-0.05, 0) is 24.0 Å². The molecule has 32 heavy (non-hydrogen) atoms. The minimum Gasteiger partial charge on any atom is -0.445 e. The zero-order chi connectivity index (χ0) is 23.2. The van der Waals surface area contributed by atoms with Gasteiger partial charge in [0.25, 0.3) is 0 Å². The molecule has 169 valence electrons. The molecule has 0 fully saturated rings. The number of nitrogens with one attached hydrogen (secondary N) is 4. The van der Waals surface area contributed by atoms with Gasteiger partial charge in [-0.1, -0.05) is 60.7 Å². The number of nitrogens with two attached hydrogens (primary N) is 1. The number of hydrogen-bond acceptors (Lipinski definition) is 5. The molecular formula is C23H28N5O4. The van der Waals surface area contributed by atoms with Gasteiger partial charge < -0.3 is 26.4 Å². The summed E-state index contributed by atoms with van der Waals surface area (Å²) in [6.45, 7) is 0.459. The van der Waals surface area contributed by atoms with Crippen LogP contribution >= 0.6 is 0 Å². The molecule has 0 saturated carbocycles. The van der Waals surface area contributed by atoms with Crippen molar-refractivity contribution in [2.75, 3.05) is 6.54 Å². The second-order valence-corrected chi connectivity index (χ2v) is 7.11. The average molecular weight is 439 g/mol. The Hall–Kier alpha value is -3.88. The highest BCUT2D eigenvalue weighted by atomic mass is 16.5. The topological polar surface area (TPSA) is 146 Å². The van der Waals surface area contributed by atoms with Crippen LogP contribution in [0, 0.1) is 5.41 Å². The second-order valence-electron chi connectivity index (χ2n) is 7.11. The van der Waals surface area contributed by atoms with Gasteiger partial charge in [-0.2, -0.15) is 0 Å². The van der Waals surface area contributed by atoms with Crippen LogP contribution in [0.3, 0.4) is 0 Å². The monoisotopic (exact) mass is 438 g/mol. The van der Waals surface area contributed by atoms with Crippen LogP contribution in [0.4, 0.5) is 4.79 Å². The lowest BCUT2D eigenvalue weighted by atomic mass is 10.0. The Morgan fingerprint density at radius 1 is 1.00 bits per heavy atom. The smallest absolute Gasteiger partial charge is 0.408 e. The molecule has 2 atom stereocenters. The van der Waals surface area contributed by atoms with E-state index in [1.807, 2.05) is 60.7 Å². The van der Waals surface area contributed by atoms with Crippen molar-refractivity contribution in [3.05, 3.63) is 71.8 Å². The van der Waals surface area contributed by atoms with Crippen molar-refractivity contribution in [2.24, 2.45) is 5.73 Å². The molecule has 0 aliphatic heterocycles. The number of carbonyl (C=O) groups is 2. The molecule has 9 nitrogen and oxygen atoms in total. The van der Waals surface area contributed by atoms with Gasteiger partial charge in [0, 0.05) is 13.0 Å². The number of ether oxygens (including phenoxy) is 1. The molecule has 0 saturated heterocycles. The maximum atomic E-state index is 12.8. The van der Waals surface area contributed by atoms with E-state index in [4.69, 9.17) is 15.9 Å². The molecule has 6 N–H and O–H groups in total. The molecule has 0 heterocycles. The molecule has 0 unspecified atom stereocenters. The molecule has 0 bridgehead atoms. The van der Waals surface area contributed by atoms with Crippen LogP contribution in [0.15, 0.2) is 60.7 Å². The first kappa shape index (κ1) is 24.4. The predicted octanol–water partition coefficient (Wildman–Crippen LogP) is 1.38. The van der Waals surface area contributed by atoms with Crippen molar-refractivity contribution < 1.29 is 19.1 Å². The number of amides is 2. The molecule has 2 aromatic carbocycles. The normalized spacial score (nSPS) is 12.1. The summed E-state index contributed by atoms with van der Waals surface area (Å²) in [7, 11) is 0. The van der Waals surface area contributed by atoms with Gasteiger partial charge in [0.1, 0.15) is 12.6 Å². The molecule has 9 heteroatoms. The fraction of sp³-hybridized carbons (Fsp3) is 0.304. The Morgan fingerprint density at radius 2 is 1.62 bits per heavy atom. The Morgan fingerprint density at radius 3 is 2.22 bits per heavy atom. The summed E-state index contributed by atoms with van der Waals surface area (Å²) in [6.07, 6.45) is 2.10. The van der Waals surface area contributed by atoms with Crippen molar-refractivity contribution in [3.8, 4) is 0 Å². The summed E-state index contributed by atoms with van der Waals surface area (Å²) in [5, 5.41) is 15.0. The van der Waals surface area contributed by atoms with Crippen molar-refractivity contribution in [2.45, 2.75) is 38.0 Å². The Bertz CT molecular complexity index is 876. The van der Waals surface area contributed by atoms with Gasteiger partial charge in [0.2, 0.25) is 12.2 Å². The summed E-state index contributed by atoms with van der Waals surface area (Å²) in [5.41, 5.74) is 6.88. The summed E-state index contributed by atoms with van der Waals surface area (Å²) in [5.74, 6) is -0.680. The molecule has 0 aliphatic rings. The summed E-state index contributed by atoms with van der Waals surface area (Å²) in [4.78, 5) is 36.5. The number of alkyl carbamates (subject to hydrolysis) is 1. The highest BCUT2D eigenvalue weighted by molar-refractivity contribution is 5.87. The molecular weight excluding hydrogens is 410 g/mol. The molecule has 2 aromatic rings. The van der Waals surface area contributed by atoms with Crippen LogP contribution in [0.5, 0.6) is 0 Å². The van der Waals surface area contributed by atoms with Crippen molar-refractivity contribution in [1.29, 1.82) is 5.41 Å². The first-order chi connectivity index (χ1) is 15.5. The lowest BCUT2D eigenvalue weighted by Gasteiger charge is -2.21. The molecule has 0 aliphatic carbocycles. The first-order valence-electron chi connectivity index (χ1n) is 10.2. The third-order valence-electron chi connectivity index (χ3n) is 4.55. The number of carbonyl (C=O) groups excluding carboxylic acids is 3. The zero-order valence-electron chi connectivity index (χ0n) is 17.7. The quantitative estimate of drug-likeness (QED) is 0.192. The SMILES string of the molecule is N=C(N)NCCC[C@@H]([C]=O)NC(=O)[C@H](Cc1ccccc1)NC(=O)OCc1ccccc1. The van der Waals surface area contributed by atoms with E-state index in [1.54, 1.807) is 6.29 Å². The minimum atomic E-state index is -0.938. The fourth-order valence-corrected chi connectivity index (χ4v) is 2.93. The Kier molecular flexibility index (Phi) is 10.2. The summed E-state index contributed by atoms with van der Waals surface area (Å²) < 4.78 is 5.23. The lowest BCUT2D eigenvalue weighted by Crippen LogP contribution is -2.51. The molecule has 2 amide bonds. The largest absolute Gasteiger partial charge is 0.445 e. The number of guanidine groups is 1. The maximum absolute atomic E-state index is 12.8. The molecule has 0 aromatic heterocycles. The van der Waals surface area contributed by atoms with E-state index in [0.29, 0.717) is 19.4 Å². The minimum absolute atomic E-state index is 0.0697. The maximum Gasteiger partial charge on any atom is 0.408 e. The van der Waals surface area contributed by atoms with E-state index in [2.05, 4.69) is 16.0 Å². The van der Waals surface area contributed by atoms with Crippen molar-refractivity contribution in [1.82, 2.24) is 16.0 Å². The Balaban J connectivity index is 1.96. The van der Waals surface area contributed by atoms with Gasteiger partial charge in [-0.25, -0.2) is 4.79 Å². The van der Waals surface area contributed by atoms with Gasteiger partial charge in [0.05, 0.1) is 6.04 Å². The van der Waals surface area contributed by atoms with Crippen LogP contribution in [-0.4, -0.2) is 42.9 Å². The van der Waals surface area contributed by atoms with E-state index in [1.165, 1.54) is 0 Å². The van der Waals surface area contributed by atoms with Crippen LogP contribution in [0.2, 0.25) is 0 Å². The van der Waals surface area contributed by atoms with Crippen LogP contribution < -0.4 is 21.7 Å². The van der Waals surface area contributed by atoms with E-state index >= 15 is 0 Å².